The van der Waals surface area contributed by atoms with Crippen LogP contribution in [0.2, 0.25) is 10.0 Å². The van der Waals surface area contributed by atoms with Crippen molar-refractivity contribution < 1.29 is 27.5 Å². The molecule has 2 nitrogen and oxygen atoms in total. The van der Waals surface area contributed by atoms with Gasteiger partial charge >= 0.3 is 12.1 Å². The smallest absolute Gasteiger partial charge is 0.407 e. The lowest BCUT2D eigenvalue weighted by atomic mass is 9.85. The Morgan fingerprint density at radius 2 is 1.73 bits per heavy atom. The number of alkyl halides is 3. The molecule has 2 aliphatic rings. The third kappa shape index (κ3) is 3.31. The molecule has 1 N–H and O–H groups in total. The molecule has 4 rings (SSSR count). The standard InChI is InChI=1S/C21H14Cl2F4O2S/c22-16-6-11(7-17(23)18(16)24)20(21(25,26)27)8-10(9-30-20)12-4-5-15(19(28)29)14-3-1-2-13(12)14/h4-7,9H,1-3,8H2,(H,28,29). The Morgan fingerprint density at radius 1 is 1.10 bits per heavy atom. The topological polar surface area (TPSA) is 37.3 Å². The van der Waals surface area contributed by atoms with Gasteiger partial charge in [0.05, 0.1) is 15.6 Å². The number of hydrogen-bond acceptors (Lipinski definition) is 2. The summed E-state index contributed by atoms with van der Waals surface area (Å²) in [6.45, 7) is 0. The van der Waals surface area contributed by atoms with Gasteiger partial charge in [-0.1, -0.05) is 29.3 Å². The monoisotopic (exact) mass is 476 g/mol. The highest BCUT2D eigenvalue weighted by atomic mass is 35.5. The Balaban J connectivity index is 1.79. The second-order valence-electron chi connectivity index (χ2n) is 7.29. The minimum atomic E-state index is -4.66. The molecule has 0 amide bonds. The van der Waals surface area contributed by atoms with E-state index >= 15 is 0 Å². The van der Waals surface area contributed by atoms with Crippen molar-refractivity contribution in [3.05, 3.63) is 73.4 Å². The van der Waals surface area contributed by atoms with E-state index in [-0.39, 0.29) is 11.1 Å². The van der Waals surface area contributed by atoms with Gasteiger partial charge in [0.1, 0.15) is 4.75 Å². The maximum atomic E-state index is 14.3. The van der Waals surface area contributed by atoms with Gasteiger partial charge in [-0.15, -0.1) is 11.8 Å². The quantitative estimate of drug-likeness (QED) is 0.374. The summed E-state index contributed by atoms with van der Waals surface area (Å²) in [6, 6.07) is 4.97. The Bertz CT molecular complexity index is 1070. The van der Waals surface area contributed by atoms with Crippen LogP contribution in [-0.4, -0.2) is 17.3 Å². The zero-order chi connectivity index (χ0) is 21.8. The molecule has 30 heavy (non-hydrogen) atoms. The number of hydrogen-bond donors (Lipinski definition) is 1. The summed E-state index contributed by atoms with van der Waals surface area (Å²) >= 11 is 12.1. The van der Waals surface area contributed by atoms with E-state index in [2.05, 4.69) is 0 Å². The van der Waals surface area contributed by atoms with Gasteiger partial charge in [0.15, 0.2) is 5.82 Å². The van der Waals surface area contributed by atoms with E-state index in [9.17, 15) is 27.5 Å². The van der Waals surface area contributed by atoms with Crippen molar-refractivity contribution in [3.63, 3.8) is 0 Å². The molecular formula is C21H14Cl2F4O2S. The Kier molecular flexibility index (Phi) is 5.36. The van der Waals surface area contributed by atoms with E-state index in [1.54, 1.807) is 6.07 Å². The summed E-state index contributed by atoms with van der Waals surface area (Å²) in [5.41, 5.74) is 2.53. The van der Waals surface area contributed by atoms with Crippen molar-refractivity contribution in [1.29, 1.82) is 0 Å². The first-order chi connectivity index (χ1) is 14.0. The predicted octanol–water partition coefficient (Wildman–Crippen LogP) is 7.26. The van der Waals surface area contributed by atoms with Crippen LogP contribution in [0.1, 0.15) is 45.5 Å². The van der Waals surface area contributed by atoms with Crippen LogP contribution in [0.25, 0.3) is 5.57 Å². The van der Waals surface area contributed by atoms with Gasteiger partial charge in [0.2, 0.25) is 0 Å². The first kappa shape index (κ1) is 21.5. The van der Waals surface area contributed by atoms with E-state index in [1.807, 2.05) is 0 Å². The number of halogens is 6. The molecule has 0 aromatic heterocycles. The lowest BCUT2D eigenvalue weighted by Crippen LogP contribution is -2.37. The molecule has 0 bridgehead atoms. The van der Waals surface area contributed by atoms with E-state index < -0.39 is 39.2 Å². The van der Waals surface area contributed by atoms with Crippen LogP contribution in [0.15, 0.2) is 29.7 Å². The number of benzene rings is 2. The first-order valence-corrected chi connectivity index (χ1v) is 10.7. The fourth-order valence-electron chi connectivity index (χ4n) is 4.18. The molecule has 1 aliphatic carbocycles. The minimum Gasteiger partial charge on any atom is -0.478 e. The van der Waals surface area contributed by atoms with Crippen LogP contribution < -0.4 is 0 Å². The number of carbonyl (C=O) groups is 1. The van der Waals surface area contributed by atoms with Crippen molar-refractivity contribution in [3.8, 4) is 0 Å². The van der Waals surface area contributed by atoms with Crippen LogP contribution >= 0.6 is 35.0 Å². The molecule has 2 aromatic carbocycles. The van der Waals surface area contributed by atoms with Crippen molar-refractivity contribution in [2.24, 2.45) is 0 Å². The second-order valence-corrected chi connectivity index (χ2v) is 9.28. The number of rotatable bonds is 3. The molecule has 0 saturated carbocycles. The highest BCUT2D eigenvalue weighted by Crippen LogP contribution is 2.60. The molecule has 1 atom stereocenters. The number of aromatic carboxylic acids is 1. The Labute approximate surface area is 183 Å². The van der Waals surface area contributed by atoms with Crippen LogP contribution in [0.3, 0.4) is 0 Å². The zero-order valence-corrected chi connectivity index (χ0v) is 17.6. The molecule has 2 aromatic rings. The summed E-state index contributed by atoms with van der Waals surface area (Å²) in [4.78, 5) is 11.5. The van der Waals surface area contributed by atoms with Crippen LogP contribution in [0.5, 0.6) is 0 Å². The third-order valence-electron chi connectivity index (χ3n) is 5.61. The summed E-state index contributed by atoms with van der Waals surface area (Å²) in [5, 5.41) is 9.91. The number of thioether (sulfide) groups is 1. The van der Waals surface area contributed by atoms with Crippen LogP contribution in [0, 0.1) is 5.82 Å². The van der Waals surface area contributed by atoms with Gasteiger partial charge in [-0.05, 0) is 70.7 Å². The largest absolute Gasteiger partial charge is 0.478 e. The fraction of sp³-hybridized carbons (Fsp3) is 0.286. The summed E-state index contributed by atoms with van der Waals surface area (Å²) in [5.74, 6) is -2.01. The average molecular weight is 477 g/mol. The Hall–Kier alpha value is -1.70. The number of carboxylic acids is 1. The van der Waals surface area contributed by atoms with Crippen molar-refractivity contribution in [2.75, 3.05) is 0 Å². The van der Waals surface area contributed by atoms with Gasteiger partial charge in [0.25, 0.3) is 0 Å². The van der Waals surface area contributed by atoms with Gasteiger partial charge < -0.3 is 5.11 Å². The van der Waals surface area contributed by atoms with E-state index in [0.29, 0.717) is 41.3 Å². The molecule has 0 radical (unpaired) electrons. The van der Waals surface area contributed by atoms with Crippen molar-refractivity contribution >= 4 is 46.5 Å². The van der Waals surface area contributed by atoms with Crippen molar-refractivity contribution in [2.45, 2.75) is 36.6 Å². The predicted molar refractivity (Wildman–Crippen MR) is 110 cm³/mol. The third-order valence-corrected chi connectivity index (χ3v) is 7.58. The first-order valence-electron chi connectivity index (χ1n) is 9.02. The number of carboxylic acid groups (broad SMARTS) is 1. The zero-order valence-electron chi connectivity index (χ0n) is 15.2. The number of allylic oxidation sites excluding steroid dienone is 1. The van der Waals surface area contributed by atoms with E-state index in [0.717, 1.165) is 24.1 Å². The van der Waals surface area contributed by atoms with Crippen LogP contribution in [0.4, 0.5) is 17.6 Å². The molecule has 1 heterocycles. The molecule has 9 heteroatoms. The highest BCUT2D eigenvalue weighted by Gasteiger charge is 2.59. The average Bonchev–Trinajstić information content (AvgIpc) is 3.32. The maximum Gasteiger partial charge on any atom is 0.407 e. The SMILES string of the molecule is O=C(O)c1ccc(C2=CSC(c3cc(Cl)c(F)c(Cl)c3)(C(F)(F)F)C2)c2c1CCC2. The summed E-state index contributed by atoms with van der Waals surface area (Å²) in [6.07, 6.45) is -3.11. The molecular weight excluding hydrogens is 463 g/mol. The van der Waals surface area contributed by atoms with Crippen molar-refractivity contribution in [1.82, 2.24) is 0 Å². The van der Waals surface area contributed by atoms with Gasteiger partial charge in [-0.2, -0.15) is 13.2 Å². The number of fused-ring (bicyclic) bond motifs is 1. The summed E-state index contributed by atoms with van der Waals surface area (Å²) < 4.78 is 54.3. The molecule has 1 aliphatic heterocycles. The lowest BCUT2D eigenvalue weighted by molar-refractivity contribution is -0.160. The minimum absolute atomic E-state index is 0.191. The molecule has 0 saturated heterocycles. The van der Waals surface area contributed by atoms with Crippen LogP contribution in [-0.2, 0) is 17.6 Å². The Morgan fingerprint density at radius 3 is 2.33 bits per heavy atom. The van der Waals surface area contributed by atoms with Gasteiger partial charge in [-0.3, -0.25) is 0 Å². The molecule has 0 spiro atoms. The van der Waals surface area contributed by atoms with Gasteiger partial charge in [0, 0.05) is 6.42 Å². The summed E-state index contributed by atoms with van der Waals surface area (Å²) in [7, 11) is 0. The second kappa shape index (κ2) is 7.46. The highest BCUT2D eigenvalue weighted by molar-refractivity contribution is 8.03. The molecule has 1 unspecified atom stereocenters. The van der Waals surface area contributed by atoms with E-state index in [4.69, 9.17) is 23.2 Å². The molecule has 158 valence electrons. The maximum absolute atomic E-state index is 14.3. The van der Waals surface area contributed by atoms with Gasteiger partial charge in [-0.25, -0.2) is 9.18 Å². The fourth-order valence-corrected chi connectivity index (χ4v) is 5.85. The lowest BCUT2D eigenvalue weighted by Gasteiger charge is -2.32. The normalized spacial score (nSPS) is 20.9. The molecule has 0 fully saturated rings. The van der Waals surface area contributed by atoms with E-state index in [1.165, 1.54) is 11.5 Å².